The number of ether oxygens (including phenoxy) is 2. The van der Waals surface area contributed by atoms with E-state index < -0.39 is 0 Å². The first-order valence-electron chi connectivity index (χ1n) is 6.69. The summed E-state index contributed by atoms with van der Waals surface area (Å²) in [7, 11) is 3.03. The van der Waals surface area contributed by atoms with Gasteiger partial charge in [0.2, 0.25) is 0 Å². The molecule has 126 valence electrons. The number of benzene rings is 2. The molecule has 0 aliphatic carbocycles. The van der Waals surface area contributed by atoms with Crippen molar-refractivity contribution in [3.63, 3.8) is 0 Å². The Morgan fingerprint density at radius 2 is 1.62 bits per heavy atom. The van der Waals surface area contributed by atoms with E-state index in [9.17, 15) is 9.90 Å². The average molecular weight is 552 g/mol. The van der Waals surface area contributed by atoms with Gasteiger partial charge >= 0.3 is 0 Å². The van der Waals surface area contributed by atoms with Gasteiger partial charge in [-0.3, -0.25) is 4.79 Å². The standard InChI is InChI=1S/C16H14I2N2O4/c1-23-11-5-10(6-12(7-11)24-2)16(22)20-19-8-9-3-13(17)15(21)14(18)4-9/h3-8,21H,1-2H3,(H,20,22)/b19-8-. The predicted molar refractivity (Wildman–Crippen MR) is 108 cm³/mol. The number of hydrazone groups is 1. The smallest absolute Gasteiger partial charge is 0.271 e. The van der Waals surface area contributed by atoms with E-state index in [0.29, 0.717) is 24.2 Å². The minimum atomic E-state index is -0.383. The highest BCUT2D eigenvalue weighted by Crippen LogP contribution is 2.26. The lowest BCUT2D eigenvalue weighted by molar-refractivity contribution is 0.0954. The molecule has 0 bridgehead atoms. The number of amides is 1. The number of carbonyl (C=O) groups excluding carboxylic acids is 1. The van der Waals surface area contributed by atoms with Crippen LogP contribution in [-0.2, 0) is 0 Å². The summed E-state index contributed by atoms with van der Waals surface area (Å²) in [6.45, 7) is 0. The summed E-state index contributed by atoms with van der Waals surface area (Å²) in [6, 6.07) is 8.41. The van der Waals surface area contributed by atoms with Crippen LogP contribution in [0, 0.1) is 7.14 Å². The van der Waals surface area contributed by atoms with Crippen molar-refractivity contribution in [3.05, 3.63) is 48.6 Å². The van der Waals surface area contributed by atoms with Gasteiger partial charge in [0.1, 0.15) is 17.2 Å². The molecular weight excluding hydrogens is 538 g/mol. The Hall–Kier alpha value is -1.56. The molecule has 0 radical (unpaired) electrons. The van der Waals surface area contributed by atoms with E-state index in [1.54, 1.807) is 30.3 Å². The van der Waals surface area contributed by atoms with Crippen LogP contribution in [0.2, 0.25) is 0 Å². The largest absolute Gasteiger partial charge is 0.506 e. The van der Waals surface area contributed by atoms with Gasteiger partial charge in [-0.05, 0) is 75.0 Å². The Morgan fingerprint density at radius 1 is 1.08 bits per heavy atom. The monoisotopic (exact) mass is 552 g/mol. The van der Waals surface area contributed by atoms with Crippen LogP contribution in [0.15, 0.2) is 35.4 Å². The van der Waals surface area contributed by atoms with Crippen molar-refractivity contribution >= 4 is 57.3 Å². The van der Waals surface area contributed by atoms with Crippen molar-refractivity contribution < 1.29 is 19.4 Å². The van der Waals surface area contributed by atoms with E-state index in [0.717, 1.165) is 5.56 Å². The average Bonchev–Trinajstić information content (AvgIpc) is 2.58. The molecule has 24 heavy (non-hydrogen) atoms. The second-order valence-corrected chi connectivity index (χ2v) is 6.96. The van der Waals surface area contributed by atoms with Gasteiger partial charge in [0.15, 0.2) is 0 Å². The molecule has 0 spiro atoms. The number of carbonyl (C=O) groups is 1. The molecule has 8 heteroatoms. The summed E-state index contributed by atoms with van der Waals surface area (Å²) in [5, 5.41) is 13.7. The first kappa shape index (κ1) is 18.8. The van der Waals surface area contributed by atoms with E-state index in [1.165, 1.54) is 20.4 Å². The van der Waals surface area contributed by atoms with E-state index in [4.69, 9.17) is 9.47 Å². The van der Waals surface area contributed by atoms with Crippen LogP contribution in [0.25, 0.3) is 0 Å². The summed E-state index contributed by atoms with van der Waals surface area (Å²) < 4.78 is 11.7. The summed E-state index contributed by atoms with van der Waals surface area (Å²) in [4.78, 5) is 12.2. The molecule has 0 aromatic heterocycles. The zero-order valence-corrected chi connectivity index (χ0v) is 17.2. The fourth-order valence-corrected chi connectivity index (χ4v) is 3.64. The van der Waals surface area contributed by atoms with Gasteiger partial charge in [-0.1, -0.05) is 0 Å². The van der Waals surface area contributed by atoms with E-state index in [1.807, 2.05) is 45.2 Å². The normalized spacial score (nSPS) is 10.7. The zero-order valence-electron chi connectivity index (χ0n) is 12.8. The molecule has 0 saturated heterocycles. The lowest BCUT2D eigenvalue weighted by Gasteiger charge is -2.07. The molecule has 0 fully saturated rings. The third-order valence-electron chi connectivity index (χ3n) is 3.03. The number of aromatic hydroxyl groups is 1. The maximum absolute atomic E-state index is 12.2. The number of methoxy groups -OCH3 is 2. The van der Waals surface area contributed by atoms with Crippen molar-refractivity contribution in [2.24, 2.45) is 5.10 Å². The summed E-state index contributed by atoms with van der Waals surface area (Å²) in [5.74, 6) is 0.893. The Kier molecular flexibility index (Phi) is 6.66. The third-order valence-corrected chi connectivity index (χ3v) is 4.68. The summed E-state index contributed by atoms with van der Waals surface area (Å²) >= 11 is 4.07. The first-order valence-corrected chi connectivity index (χ1v) is 8.85. The van der Waals surface area contributed by atoms with Crippen LogP contribution in [0.1, 0.15) is 15.9 Å². The van der Waals surface area contributed by atoms with Gasteiger partial charge in [-0.15, -0.1) is 0 Å². The highest BCUT2D eigenvalue weighted by molar-refractivity contribution is 14.1. The van der Waals surface area contributed by atoms with E-state index >= 15 is 0 Å². The van der Waals surface area contributed by atoms with Gasteiger partial charge in [0.05, 0.1) is 27.6 Å². The van der Waals surface area contributed by atoms with Crippen LogP contribution >= 0.6 is 45.2 Å². The molecule has 2 N–H and O–H groups in total. The summed E-state index contributed by atoms with van der Waals surface area (Å²) in [6.07, 6.45) is 1.51. The zero-order chi connectivity index (χ0) is 17.7. The Morgan fingerprint density at radius 3 is 2.12 bits per heavy atom. The maximum atomic E-state index is 12.2. The number of hydrogen-bond acceptors (Lipinski definition) is 5. The molecule has 2 aromatic rings. The molecule has 6 nitrogen and oxygen atoms in total. The maximum Gasteiger partial charge on any atom is 0.271 e. The minimum absolute atomic E-state index is 0.237. The minimum Gasteiger partial charge on any atom is -0.506 e. The fourth-order valence-electron chi connectivity index (χ4n) is 1.83. The van der Waals surface area contributed by atoms with Gasteiger partial charge < -0.3 is 14.6 Å². The van der Waals surface area contributed by atoms with Crippen LogP contribution < -0.4 is 14.9 Å². The van der Waals surface area contributed by atoms with Gasteiger partial charge in [0, 0.05) is 11.6 Å². The van der Waals surface area contributed by atoms with Crippen molar-refractivity contribution in [3.8, 4) is 17.2 Å². The highest BCUT2D eigenvalue weighted by atomic mass is 127. The van der Waals surface area contributed by atoms with Crippen LogP contribution in [0.5, 0.6) is 17.2 Å². The Balaban J connectivity index is 2.13. The number of halogens is 2. The number of hydrogen-bond donors (Lipinski definition) is 2. The Labute approximate surface area is 166 Å². The topological polar surface area (TPSA) is 80.2 Å². The number of phenols is 1. The lowest BCUT2D eigenvalue weighted by atomic mass is 10.2. The molecule has 0 aliphatic rings. The quantitative estimate of drug-likeness (QED) is 0.339. The van der Waals surface area contributed by atoms with E-state index in [2.05, 4.69) is 10.5 Å². The van der Waals surface area contributed by atoms with Gasteiger partial charge in [0.25, 0.3) is 5.91 Å². The van der Waals surface area contributed by atoms with Gasteiger partial charge in [-0.2, -0.15) is 5.10 Å². The first-order chi connectivity index (χ1) is 11.4. The van der Waals surface area contributed by atoms with Crippen molar-refractivity contribution in [1.82, 2.24) is 5.43 Å². The SMILES string of the molecule is COc1cc(OC)cc(C(=O)N/N=C\c2cc(I)c(O)c(I)c2)c1. The molecule has 0 aliphatic heterocycles. The Bertz CT molecular complexity index is 748. The van der Waals surface area contributed by atoms with E-state index in [-0.39, 0.29) is 11.7 Å². The molecule has 1 amide bonds. The molecule has 2 aromatic carbocycles. The molecule has 0 unspecified atom stereocenters. The second kappa shape index (κ2) is 8.51. The lowest BCUT2D eigenvalue weighted by Crippen LogP contribution is -2.17. The number of phenolic OH excluding ortho intramolecular Hbond substituents is 1. The van der Waals surface area contributed by atoms with Crippen LogP contribution in [0.3, 0.4) is 0 Å². The number of nitrogens with zero attached hydrogens (tertiary/aromatic N) is 1. The van der Waals surface area contributed by atoms with Crippen molar-refractivity contribution in [1.29, 1.82) is 0 Å². The highest BCUT2D eigenvalue weighted by Gasteiger charge is 2.09. The molecule has 0 saturated carbocycles. The third kappa shape index (κ3) is 4.72. The predicted octanol–water partition coefficient (Wildman–Crippen LogP) is 3.38. The molecule has 0 atom stereocenters. The molecule has 0 heterocycles. The number of rotatable bonds is 5. The van der Waals surface area contributed by atoms with Gasteiger partial charge in [-0.25, -0.2) is 5.43 Å². The van der Waals surface area contributed by atoms with Crippen molar-refractivity contribution in [2.75, 3.05) is 14.2 Å². The molecular formula is C16H14I2N2O4. The van der Waals surface area contributed by atoms with Crippen LogP contribution in [0.4, 0.5) is 0 Å². The number of nitrogens with one attached hydrogen (secondary N) is 1. The van der Waals surface area contributed by atoms with Crippen molar-refractivity contribution in [2.45, 2.75) is 0 Å². The second-order valence-electron chi connectivity index (χ2n) is 4.63. The fraction of sp³-hybridized carbons (Fsp3) is 0.125. The molecule has 2 rings (SSSR count). The summed E-state index contributed by atoms with van der Waals surface area (Å²) in [5.41, 5.74) is 3.60. The van der Waals surface area contributed by atoms with Crippen LogP contribution in [-0.4, -0.2) is 31.4 Å².